The van der Waals surface area contributed by atoms with Gasteiger partial charge in [0.2, 0.25) is 0 Å². The molecular formula is C19H22N2O2. The minimum atomic E-state index is -0.520. The van der Waals surface area contributed by atoms with Crippen molar-refractivity contribution in [3.8, 4) is 5.75 Å². The first-order valence-electron chi connectivity index (χ1n) is 8.17. The molecule has 1 amide bonds. The van der Waals surface area contributed by atoms with Crippen molar-refractivity contribution in [2.45, 2.75) is 45.3 Å². The second-order valence-electron chi connectivity index (χ2n) is 5.98. The molecule has 120 valence electrons. The fourth-order valence-electron chi connectivity index (χ4n) is 2.88. The van der Waals surface area contributed by atoms with Crippen LogP contribution in [-0.2, 0) is 24.2 Å². The summed E-state index contributed by atoms with van der Waals surface area (Å²) in [5, 5.41) is 2.88. The molecule has 0 saturated carbocycles. The molecule has 0 aliphatic heterocycles. The molecule has 0 bridgehead atoms. The lowest BCUT2D eigenvalue weighted by molar-refractivity contribution is -0.127. The molecule has 0 saturated heterocycles. The van der Waals surface area contributed by atoms with Gasteiger partial charge in [0.15, 0.2) is 6.10 Å². The van der Waals surface area contributed by atoms with Gasteiger partial charge < -0.3 is 10.1 Å². The van der Waals surface area contributed by atoms with Crippen molar-refractivity contribution in [2.75, 3.05) is 0 Å². The van der Waals surface area contributed by atoms with E-state index in [0.717, 1.165) is 24.2 Å². The second-order valence-corrected chi connectivity index (χ2v) is 5.98. The molecule has 0 radical (unpaired) electrons. The molecule has 0 spiro atoms. The number of aromatic nitrogens is 1. The van der Waals surface area contributed by atoms with Gasteiger partial charge in [-0.15, -0.1) is 0 Å². The maximum absolute atomic E-state index is 12.2. The zero-order valence-corrected chi connectivity index (χ0v) is 13.4. The van der Waals surface area contributed by atoms with E-state index in [0.29, 0.717) is 6.54 Å². The summed E-state index contributed by atoms with van der Waals surface area (Å²) in [6.07, 6.45) is 7.69. The molecule has 1 N–H and O–H groups in total. The number of hydrogen-bond donors (Lipinski definition) is 1. The highest BCUT2D eigenvalue weighted by atomic mass is 16.5. The maximum Gasteiger partial charge on any atom is 0.261 e. The number of benzene rings is 1. The number of ether oxygens (including phenoxy) is 1. The van der Waals surface area contributed by atoms with E-state index in [1.165, 1.54) is 24.0 Å². The van der Waals surface area contributed by atoms with Crippen molar-refractivity contribution in [1.82, 2.24) is 10.3 Å². The van der Waals surface area contributed by atoms with E-state index in [-0.39, 0.29) is 5.91 Å². The standard InChI is InChI=1S/C19H22N2O2/c1-14(19(22)21-13-15-5-4-10-20-12-15)23-18-9-8-16-6-2-3-7-17(16)11-18/h4-5,8-12,14H,2-3,6-7,13H2,1H3,(H,21,22). The van der Waals surface area contributed by atoms with Gasteiger partial charge >= 0.3 is 0 Å². The van der Waals surface area contributed by atoms with Gasteiger partial charge in [-0.3, -0.25) is 9.78 Å². The van der Waals surface area contributed by atoms with E-state index < -0.39 is 6.10 Å². The largest absolute Gasteiger partial charge is 0.481 e. The van der Waals surface area contributed by atoms with Crippen LogP contribution in [0.15, 0.2) is 42.7 Å². The lowest BCUT2D eigenvalue weighted by atomic mass is 9.92. The van der Waals surface area contributed by atoms with Crippen LogP contribution in [0.1, 0.15) is 36.5 Å². The highest BCUT2D eigenvalue weighted by Gasteiger charge is 2.16. The number of nitrogens with zero attached hydrogens (tertiary/aromatic N) is 1. The zero-order chi connectivity index (χ0) is 16.1. The number of carbonyl (C=O) groups excluding carboxylic acids is 1. The van der Waals surface area contributed by atoms with E-state index in [4.69, 9.17) is 4.74 Å². The molecule has 4 heteroatoms. The summed E-state index contributed by atoms with van der Waals surface area (Å²) in [6, 6.07) is 9.97. The van der Waals surface area contributed by atoms with E-state index in [1.807, 2.05) is 18.2 Å². The van der Waals surface area contributed by atoms with Crippen molar-refractivity contribution in [1.29, 1.82) is 0 Å². The van der Waals surface area contributed by atoms with Crippen molar-refractivity contribution in [3.63, 3.8) is 0 Å². The monoisotopic (exact) mass is 310 g/mol. The molecule has 0 fully saturated rings. The number of carbonyl (C=O) groups is 1. The van der Waals surface area contributed by atoms with Crippen LogP contribution in [0, 0.1) is 0 Å². The van der Waals surface area contributed by atoms with Crippen molar-refractivity contribution in [3.05, 3.63) is 59.4 Å². The van der Waals surface area contributed by atoms with Gasteiger partial charge in [-0.05, 0) is 67.5 Å². The van der Waals surface area contributed by atoms with Crippen LogP contribution in [0.4, 0.5) is 0 Å². The molecule has 1 aliphatic rings. The Morgan fingerprint density at radius 1 is 1.26 bits per heavy atom. The van der Waals surface area contributed by atoms with Gasteiger partial charge in [-0.1, -0.05) is 12.1 Å². The smallest absolute Gasteiger partial charge is 0.261 e. The zero-order valence-electron chi connectivity index (χ0n) is 13.4. The Bertz CT molecular complexity index is 670. The molecular weight excluding hydrogens is 288 g/mol. The summed E-state index contributed by atoms with van der Waals surface area (Å²) in [5.74, 6) is 0.654. The summed E-state index contributed by atoms with van der Waals surface area (Å²) in [5.41, 5.74) is 3.75. The first-order valence-corrected chi connectivity index (χ1v) is 8.17. The van der Waals surface area contributed by atoms with Crippen molar-refractivity contribution in [2.24, 2.45) is 0 Å². The minimum absolute atomic E-state index is 0.119. The normalized spacial score (nSPS) is 14.7. The van der Waals surface area contributed by atoms with E-state index in [9.17, 15) is 4.79 Å². The van der Waals surface area contributed by atoms with E-state index >= 15 is 0 Å². The third-order valence-corrected chi connectivity index (χ3v) is 4.19. The fraction of sp³-hybridized carbons (Fsp3) is 0.368. The van der Waals surface area contributed by atoms with Gasteiger partial charge in [0.1, 0.15) is 5.75 Å². The summed E-state index contributed by atoms with van der Waals surface area (Å²) < 4.78 is 5.80. The average Bonchev–Trinajstić information content (AvgIpc) is 2.60. The van der Waals surface area contributed by atoms with Crippen LogP contribution in [0.3, 0.4) is 0 Å². The Hall–Kier alpha value is -2.36. The molecule has 3 rings (SSSR count). The van der Waals surface area contributed by atoms with Crippen LogP contribution in [-0.4, -0.2) is 17.0 Å². The number of aryl methyl sites for hydroxylation is 2. The Morgan fingerprint density at radius 3 is 2.87 bits per heavy atom. The molecule has 2 aromatic rings. The van der Waals surface area contributed by atoms with Crippen LogP contribution in [0.2, 0.25) is 0 Å². The number of hydrogen-bond acceptors (Lipinski definition) is 3. The molecule has 1 aromatic carbocycles. The number of nitrogens with one attached hydrogen (secondary N) is 1. The first-order chi connectivity index (χ1) is 11.2. The lowest BCUT2D eigenvalue weighted by Crippen LogP contribution is -2.35. The average molecular weight is 310 g/mol. The van der Waals surface area contributed by atoms with Crippen LogP contribution < -0.4 is 10.1 Å². The van der Waals surface area contributed by atoms with E-state index in [1.54, 1.807) is 19.3 Å². The predicted octanol–water partition coefficient (Wildman–Crippen LogP) is 3.04. The summed E-state index contributed by atoms with van der Waals surface area (Å²) in [6.45, 7) is 2.24. The summed E-state index contributed by atoms with van der Waals surface area (Å²) in [4.78, 5) is 16.2. The Balaban J connectivity index is 1.55. The molecule has 4 nitrogen and oxygen atoms in total. The second kappa shape index (κ2) is 7.27. The number of amides is 1. The van der Waals surface area contributed by atoms with Crippen LogP contribution in [0.25, 0.3) is 0 Å². The van der Waals surface area contributed by atoms with Crippen LogP contribution >= 0.6 is 0 Å². The topological polar surface area (TPSA) is 51.2 Å². The van der Waals surface area contributed by atoms with Gasteiger partial charge in [-0.25, -0.2) is 0 Å². The van der Waals surface area contributed by atoms with Gasteiger partial charge in [0.25, 0.3) is 5.91 Å². The summed E-state index contributed by atoms with van der Waals surface area (Å²) in [7, 11) is 0. The highest BCUT2D eigenvalue weighted by molar-refractivity contribution is 5.80. The Morgan fingerprint density at radius 2 is 2.09 bits per heavy atom. The molecule has 1 atom stereocenters. The van der Waals surface area contributed by atoms with Gasteiger partial charge in [-0.2, -0.15) is 0 Å². The third-order valence-electron chi connectivity index (χ3n) is 4.19. The van der Waals surface area contributed by atoms with Crippen LogP contribution in [0.5, 0.6) is 5.75 Å². The van der Waals surface area contributed by atoms with Gasteiger partial charge in [0, 0.05) is 18.9 Å². The molecule has 1 unspecified atom stereocenters. The van der Waals surface area contributed by atoms with Gasteiger partial charge in [0.05, 0.1) is 0 Å². The lowest BCUT2D eigenvalue weighted by Gasteiger charge is -2.19. The number of rotatable bonds is 5. The predicted molar refractivity (Wildman–Crippen MR) is 89.3 cm³/mol. The third kappa shape index (κ3) is 4.09. The number of pyridine rings is 1. The fourth-order valence-corrected chi connectivity index (χ4v) is 2.88. The molecule has 1 heterocycles. The quantitative estimate of drug-likeness (QED) is 0.923. The first kappa shape index (κ1) is 15.5. The van der Waals surface area contributed by atoms with Crippen molar-refractivity contribution >= 4 is 5.91 Å². The SMILES string of the molecule is CC(Oc1ccc2c(c1)CCCC2)C(=O)NCc1cccnc1. The van der Waals surface area contributed by atoms with E-state index in [2.05, 4.69) is 22.4 Å². The Labute approximate surface area is 136 Å². The summed E-state index contributed by atoms with van der Waals surface area (Å²) >= 11 is 0. The highest BCUT2D eigenvalue weighted by Crippen LogP contribution is 2.25. The molecule has 23 heavy (non-hydrogen) atoms. The minimum Gasteiger partial charge on any atom is -0.481 e. The Kier molecular flexibility index (Phi) is 4.91. The number of fused-ring (bicyclic) bond motifs is 1. The molecule has 1 aliphatic carbocycles. The van der Waals surface area contributed by atoms with Crippen molar-refractivity contribution < 1.29 is 9.53 Å². The maximum atomic E-state index is 12.2. The molecule has 1 aromatic heterocycles.